The van der Waals surface area contributed by atoms with Crippen LogP contribution in [0.5, 0.6) is 11.5 Å². The number of likely N-dealkylation sites (N-methyl/N-ethyl adjacent to an activating group) is 1. The van der Waals surface area contributed by atoms with Gasteiger partial charge in [0.1, 0.15) is 29.8 Å². The van der Waals surface area contributed by atoms with Crippen LogP contribution in [0.2, 0.25) is 5.02 Å². The molecule has 3 rings (SSSR count). The standard InChI is InChI=1S/C25H35ClN6O3/c1-4-30-7-9-31(10-8-30)14-17-5-6-21(20(26)11-17)32(24(27)15-35-29)25(28)19-12-18(16(2)3)22(33)13-23(19)34/h5-6,11-13,16,27-28,33-34H,4,7-10,14-15,29H2,1-3H3. The lowest BCUT2D eigenvalue weighted by atomic mass is 9.98. The van der Waals surface area contributed by atoms with Crippen molar-refractivity contribution in [3.05, 3.63) is 52.0 Å². The quantitative estimate of drug-likeness (QED) is 0.211. The van der Waals surface area contributed by atoms with E-state index in [1.165, 1.54) is 11.0 Å². The third-order valence-corrected chi connectivity index (χ3v) is 6.61. The number of nitrogens with one attached hydrogen (secondary N) is 2. The maximum atomic E-state index is 10.5. The van der Waals surface area contributed by atoms with Gasteiger partial charge in [-0.15, -0.1) is 0 Å². The van der Waals surface area contributed by atoms with Crippen LogP contribution in [0.3, 0.4) is 0 Å². The zero-order chi connectivity index (χ0) is 25.7. The number of hydrogen-bond donors (Lipinski definition) is 5. The number of aromatic hydroxyl groups is 2. The lowest BCUT2D eigenvalue weighted by Crippen LogP contribution is -2.45. The molecule has 0 atom stereocenters. The molecule has 35 heavy (non-hydrogen) atoms. The van der Waals surface area contributed by atoms with Gasteiger partial charge in [-0.2, -0.15) is 0 Å². The van der Waals surface area contributed by atoms with Gasteiger partial charge in [0, 0.05) is 38.8 Å². The lowest BCUT2D eigenvalue weighted by Gasteiger charge is -2.34. The Morgan fingerprint density at radius 2 is 1.74 bits per heavy atom. The Morgan fingerprint density at radius 1 is 1.09 bits per heavy atom. The Bertz CT molecular complexity index is 1070. The van der Waals surface area contributed by atoms with Gasteiger partial charge in [-0.1, -0.05) is 38.4 Å². The Balaban J connectivity index is 1.91. The minimum Gasteiger partial charge on any atom is -0.508 e. The molecule has 1 saturated heterocycles. The summed E-state index contributed by atoms with van der Waals surface area (Å²) in [6, 6.07) is 8.31. The lowest BCUT2D eigenvalue weighted by molar-refractivity contribution is 0.132. The summed E-state index contributed by atoms with van der Waals surface area (Å²) < 4.78 is 0. The summed E-state index contributed by atoms with van der Waals surface area (Å²) in [5.41, 5.74) is 2.17. The van der Waals surface area contributed by atoms with E-state index in [1.807, 2.05) is 26.0 Å². The molecule has 0 radical (unpaired) electrons. The number of rotatable bonds is 8. The summed E-state index contributed by atoms with van der Waals surface area (Å²) in [6.45, 7) is 11.6. The fourth-order valence-corrected chi connectivity index (χ4v) is 4.55. The van der Waals surface area contributed by atoms with E-state index in [0.717, 1.165) is 44.8 Å². The third kappa shape index (κ3) is 6.31. The Morgan fingerprint density at radius 3 is 2.31 bits per heavy atom. The summed E-state index contributed by atoms with van der Waals surface area (Å²) in [5, 5.41) is 38.4. The first-order valence-electron chi connectivity index (χ1n) is 11.7. The first-order valence-corrected chi connectivity index (χ1v) is 12.1. The number of anilines is 1. The number of halogens is 1. The zero-order valence-electron chi connectivity index (χ0n) is 20.5. The van der Waals surface area contributed by atoms with E-state index in [0.29, 0.717) is 16.3 Å². The Hall–Kier alpha value is -2.69. The molecule has 1 aliphatic rings. The van der Waals surface area contributed by atoms with Crippen molar-refractivity contribution < 1.29 is 15.1 Å². The minimum absolute atomic E-state index is 0.0375. The van der Waals surface area contributed by atoms with E-state index in [9.17, 15) is 10.2 Å². The molecule has 6 N–H and O–H groups in total. The monoisotopic (exact) mass is 502 g/mol. The van der Waals surface area contributed by atoms with Crippen LogP contribution in [0.25, 0.3) is 0 Å². The predicted molar refractivity (Wildman–Crippen MR) is 140 cm³/mol. The molecule has 0 bridgehead atoms. The van der Waals surface area contributed by atoms with Gasteiger partial charge in [-0.25, -0.2) is 5.90 Å². The van der Waals surface area contributed by atoms with Crippen LogP contribution < -0.4 is 10.8 Å². The second kappa shape index (κ2) is 11.8. The molecule has 9 nitrogen and oxygen atoms in total. The Kier molecular flexibility index (Phi) is 9.09. The van der Waals surface area contributed by atoms with Crippen molar-refractivity contribution in [2.45, 2.75) is 33.2 Å². The van der Waals surface area contributed by atoms with Crippen LogP contribution in [-0.2, 0) is 11.4 Å². The molecular weight excluding hydrogens is 468 g/mol. The first kappa shape index (κ1) is 26.9. The summed E-state index contributed by atoms with van der Waals surface area (Å²) in [6.07, 6.45) is 0. The summed E-state index contributed by atoms with van der Waals surface area (Å²) in [7, 11) is 0. The number of hydrogen-bond acceptors (Lipinski definition) is 8. The van der Waals surface area contributed by atoms with Gasteiger partial charge in [0.05, 0.1) is 16.3 Å². The molecule has 1 fully saturated rings. The molecule has 2 aromatic carbocycles. The minimum atomic E-state index is -0.276. The van der Waals surface area contributed by atoms with E-state index in [2.05, 4.69) is 21.6 Å². The number of nitrogens with zero attached hydrogens (tertiary/aromatic N) is 3. The van der Waals surface area contributed by atoms with Crippen molar-refractivity contribution in [1.29, 1.82) is 10.8 Å². The van der Waals surface area contributed by atoms with Crippen LogP contribution in [-0.4, -0.2) is 71.0 Å². The molecule has 0 amide bonds. The molecule has 0 unspecified atom stereocenters. The summed E-state index contributed by atoms with van der Waals surface area (Å²) >= 11 is 6.67. The zero-order valence-corrected chi connectivity index (χ0v) is 21.3. The number of benzene rings is 2. The van der Waals surface area contributed by atoms with Crippen LogP contribution >= 0.6 is 11.6 Å². The van der Waals surface area contributed by atoms with E-state index >= 15 is 0 Å². The van der Waals surface area contributed by atoms with Gasteiger partial charge < -0.3 is 15.1 Å². The normalized spacial score (nSPS) is 14.9. The predicted octanol–water partition coefficient (Wildman–Crippen LogP) is 3.71. The molecule has 0 aliphatic carbocycles. The van der Waals surface area contributed by atoms with Gasteiger partial charge in [0.15, 0.2) is 0 Å². The van der Waals surface area contributed by atoms with E-state index < -0.39 is 0 Å². The highest BCUT2D eigenvalue weighted by molar-refractivity contribution is 6.36. The van der Waals surface area contributed by atoms with Crippen molar-refractivity contribution in [2.75, 3.05) is 44.2 Å². The van der Waals surface area contributed by atoms with E-state index in [-0.39, 0.29) is 41.3 Å². The molecule has 1 aliphatic heterocycles. The number of amidine groups is 2. The van der Waals surface area contributed by atoms with Crippen molar-refractivity contribution in [1.82, 2.24) is 9.80 Å². The molecule has 2 aromatic rings. The topological polar surface area (TPSA) is 133 Å². The van der Waals surface area contributed by atoms with Crippen LogP contribution in [0, 0.1) is 10.8 Å². The van der Waals surface area contributed by atoms with Crippen molar-refractivity contribution in [3.8, 4) is 11.5 Å². The van der Waals surface area contributed by atoms with E-state index in [4.69, 9.17) is 28.3 Å². The van der Waals surface area contributed by atoms with Gasteiger partial charge in [-0.05, 0) is 41.8 Å². The molecule has 1 heterocycles. The summed E-state index contributed by atoms with van der Waals surface area (Å²) in [4.78, 5) is 10.8. The highest BCUT2D eigenvalue weighted by Gasteiger charge is 2.25. The average Bonchev–Trinajstić information content (AvgIpc) is 2.81. The number of nitrogens with two attached hydrogens (primary N) is 1. The highest BCUT2D eigenvalue weighted by atomic mass is 35.5. The van der Waals surface area contributed by atoms with Crippen molar-refractivity contribution in [3.63, 3.8) is 0 Å². The van der Waals surface area contributed by atoms with Crippen LogP contribution in [0.4, 0.5) is 5.69 Å². The van der Waals surface area contributed by atoms with E-state index in [1.54, 1.807) is 12.1 Å². The maximum absolute atomic E-state index is 10.5. The average molecular weight is 503 g/mol. The van der Waals surface area contributed by atoms with Gasteiger partial charge in [0.25, 0.3) is 0 Å². The SMILES string of the molecule is CCN1CCN(Cc2ccc(N(C(=N)CON)C(=N)c3cc(C(C)C)c(O)cc3O)c(Cl)c2)CC1. The maximum Gasteiger partial charge on any atom is 0.142 e. The van der Waals surface area contributed by atoms with Crippen molar-refractivity contribution in [2.24, 2.45) is 5.90 Å². The smallest absolute Gasteiger partial charge is 0.142 e. The molecular formula is C25H35ClN6O3. The highest BCUT2D eigenvalue weighted by Crippen LogP contribution is 2.35. The largest absolute Gasteiger partial charge is 0.508 e. The number of phenols is 2. The Labute approximate surface area is 211 Å². The fraction of sp³-hybridized carbons (Fsp3) is 0.440. The van der Waals surface area contributed by atoms with Gasteiger partial charge in [-0.3, -0.25) is 25.5 Å². The molecule has 10 heteroatoms. The first-order chi connectivity index (χ1) is 16.7. The van der Waals surface area contributed by atoms with Crippen molar-refractivity contribution >= 4 is 29.0 Å². The molecule has 190 valence electrons. The fourth-order valence-electron chi connectivity index (χ4n) is 4.26. The molecule has 0 aromatic heterocycles. The van der Waals surface area contributed by atoms with Crippen LogP contribution in [0.1, 0.15) is 43.4 Å². The van der Waals surface area contributed by atoms with Gasteiger partial charge in [0.2, 0.25) is 0 Å². The summed E-state index contributed by atoms with van der Waals surface area (Å²) in [5.74, 6) is 4.55. The number of piperazine rings is 1. The molecule has 0 spiro atoms. The second-order valence-electron chi connectivity index (χ2n) is 9.02. The third-order valence-electron chi connectivity index (χ3n) is 6.31. The van der Waals surface area contributed by atoms with Crippen LogP contribution in [0.15, 0.2) is 30.3 Å². The second-order valence-corrected chi connectivity index (χ2v) is 9.43. The van der Waals surface area contributed by atoms with Gasteiger partial charge >= 0.3 is 0 Å². The number of phenolic OH excluding ortho intramolecular Hbond substituents is 2. The molecule has 0 saturated carbocycles.